The molecule has 2 amide bonds. The van der Waals surface area contributed by atoms with Gasteiger partial charge in [0.15, 0.2) is 0 Å². The first-order chi connectivity index (χ1) is 11.0. The van der Waals surface area contributed by atoms with Crippen LogP contribution in [-0.4, -0.2) is 43.7 Å². The average molecular weight is 376 g/mol. The Balaban J connectivity index is 0.00000288. The van der Waals surface area contributed by atoms with Crippen LogP contribution in [0.2, 0.25) is 5.02 Å². The number of benzene rings is 1. The summed E-state index contributed by atoms with van der Waals surface area (Å²) >= 11 is 6.02. The van der Waals surface area contributed by atoms with Gasteiger partial charge in [0.05, 0.1) is 12.7 Å². The number of nitrogens with one attached hydrogen (secondary N) is 3. The molecule has 0 aromatic heterocycles. The number of halogens is 2. The molecule has 1 heterocycles. The molecule has 1 aromatic rings. The summed E-state index contributed by atoms with van der Waals surface area (Å²) < 4.78 is 5.43. The van der Waals surface area contributed by atoms with Gasteiger partial charge in [0.1, 0.15) is 6.04 Å². The lowest BCUT2D eigenvalue weighted by Gasteiger charge is -2.29. The van der Waals surface area contributed by atoms with Crippen molar-refractivity contribution in [3.63, 3.8) is 0 Å². The molecule has 3 N–H and O–H groups in total. The number of amides is 2. The molecule has 1 fully saturated rings. The number of hydrogen-bond acceptors (Lipinski definition) is 4. The molecule has 134 valence electrons. The average Bonchev–Trinajstić information content (AvgIpc) is 2.52. The predicted molar refractivity (Wildman–Crippen MR) is 96.9 cm³/mol. The van der Waals surface area contributed by atoms with Crippen LogP contribution in [-0.2, 0) is 14.3 Å². The van der Waals surface area contributed by atoms with E-state index in [9.17, 15) is 9.59 Å². The Kier molecular flexibility index (Phi) is 8.48. The highest BCUT2D eigenvalue weighted by atomic mass is 35.5. The van der Waals surface area contributed by atoms with E-state index in [4.69, 9.17) is 16.3 Å². The van der Waals surface area contributed by atoms with E-state index in [1.807, 2.05) is 13.8 Å². The number of ether oxygens (including phenoxy) is 1. The van der Waals surface area contributed by atoms with Crippen LogP contribution in [0.15, 0.2) is 18.2 Å². The molecule has 0 radical (unpaired) electrons. The summed E-state index contributed by atoms with van der Waals surface area (Å²) in [6.45, 7) is 5.22. The van der Waals surface area contributed by atoms with E-state index in [2.05, 4.69) is 16.0 Å². The number of carbonyl (C=O) groups is 2. The van der Waals surface area contributed by atoms with Gasteiger partial charge < -0.3 is 20.7 Å². The second-order valence-corrected chi connectivity index (χ2v) is 5.92. The maximum atomic E-state index is 12.0. The quantitative estimate of drug-likeness (QED) is 0.733. The largest absolute Gasteiger partial charge is 0.375 e. The van der Waals surface area contributed by atoms with Gasteiger partial charge in [0.2, 0.25) is 11.8 Å². The highest BCUT2D eigenvalue weighted by Crippen LogP contribution is 2.22. The minimum absolute atomic E-state index is 0. The Labute approximate surface area is 153 Å². The van der Waals surface area contributed by atoms with Crippen LogP contribution in [0.3, 0.4) is 0 Å². The second kappa shape index (κ2) is 9.84. The van der Waals surface area contributed by atoms with Crippen LogP contribution in [0.5, 0.6) is 0 Å². The third-order valence-corrected chi connectivity index (χ3v) is 4.20. The van der Waals surface area contributed by atoms with Crippen molar-refractivity contribution >= 4 is 41.5 Å². The Hall–Kier alpha value is -1.34. The Morgan fingerprint density at radius 2 is 2.17 bits per heavy atom. The van der Waals surface area contributed by atoms with Crippen LogP contribution in [0.4, 0.5) is 5.69 Å². The first-order valence-corrected chi connectivity index (χ1v) is 8.04. The maximum Gasteiger partial charge on any atom is 0.239 e. The van der Waals surface area contributed by atoms with Gasteiger partial charge in [-0.05, 0) is 31.5 Å². The molecule has 0 saturated carbocycles. The van der Waals surface area contributed by atoms with E-state index in [-0.39, 0.29) is 49.3 Å². The zero-order valence-electron chi connectivity index (χ0n) is 13.7. The summed E-state index contributed by atoms with van der Waals surface area (Å²) in [6, 6.07) is 4.97. The van der Waals surface area contributed by atoms with Crippen LogP contribution in [0.25, 0.3) is 0 Å². The molecular formula is C16H23Cl2N3O3. The van der Waals surface area contributed by atoms with Gasteiger partial charge >= 0.3 is 0 Å². The van der Waals surface area contributed by atoms with Crippen molar-refractivity contribution in [1.82, 2.24) is 10.6 Å². The Morgan fingerprint density at radius 1 is 1.42 bits per heavy atom. The van der Waals surface area contributed by atoms with Crippen molar-refractivity contribution < 1.29 is 14.3 Å². The number of carbonyl (C=O) groups excluding carboxylic acids is 2. The lowest BCUT2D eigenvalue weighted by atomic mass is 10.1. The number of anilines is 1. The molecule has 8 heteroatoms. The number of rotatable bonds is 5. The van der Waals surface area contributed by atoms with Gasteiger partial charge in [-0.1, -0.05) is 17.7 Å². The smallest absolute Gasteiger partial charge is 0.239 e. The molecule has 0 bridgehead atoms. The van der Waals surface area contributed by atoms with Crippen molar-refractivity contribution in [1.29, 1.82) is 0 Å². The third kappa shape index (κ3) is 5.63. The van der Waals surface area contributed by atoms with Crippen molar-refractivity contribution in [2.75, 3.05) is 25.0 Å². The molecule has 1 aliphatic heterocycles. The molecule has 0 aliphatic carbocycles. The monoisotopic (exact) mass is 375 g/mol. The molecular weight excluding hydrogens is 353 g/mol. The summed E-state index contributed by atoms with van der Waals surface area (Å²) in [5.41, 5.74) is 1.51. The Bertz CT molecular complexity index is 584. The van der Waals surface area contributed by atoms with E-state index in [1.165, 1.54) is 0 Å². The molecule has 2 rings (SSSR count). The number of hydrogen-bond donors (Lipinski definition) is 3. The fourth-order valence-corrected chi connectivity index (χ4v) is 2.57. The first-order valence-electron chi connectivity index (χ1n) is 7.66. The molecule has 2 atom stereocenters. The third-order valence-electron chi connectivity index (χ3n) is 3.79. The van der Waals surface area contributed by atoms with Gasteiger partial charge in [-0.25, -0.2) is 0 Å². The zero-order chi connectivity index (χ0) is 16.8. The molecule has 24 heavy (non-hydrogen) atoms. The first kappa shape index (κ1) is 20.7. The van der Waals surface area contributed by atoms with Crippen molar-refractivity contribution in [2.24, 2.45) is 0 Å². The molecule has 0 spiro atoms. The summed E-state index contributed by atoms with van der Waals surface area (Å²) in [5.74, 6) is -0.319. The number of morpholine rings is 1. The van der Waals surface area contributed by atoms with Gasteiger partial charge in [-0.3, -0.25) is 9.59 Å². The van der Waals surface area contributed by atoms with Crippen LogP contribution >= 0.6 is 24.0 Å². The Morgan fingerprint density at radius 3 is 2.88 bits per heavy atom. The molecule has 1 saturated heterocycles. The van der Waals surface area contributed by atoms with Gasteiger partial charge in [-0.15, -0.1) is 12.4 Å². The predicted octanol–water partition coefficient (Wildman–Crippen LogP) is 1.89. The normalized spacial score (nSPS) is 20.0. The zero-order valence-corrected chi connectivity index (χ0v) is 15.3. The van der Waals surface area contributed by atoms with Gasteiger partial charge in [0.25, 0.3) is 0 Å². The highest BCUT2D eigenvalue weighted by molar-refractivity contribution is 6.31. The summed E-state index contributed by atoms with van der Waals surface area (Å²) in [6.07, 6.45) is 0.0197. The molecule has 1 aromatic carbocycles. The van der Waals surface area contributed by atoms with E-state index >= 15 is 0 Å². The second-order valence-electron chi connectivity index (χ2n) is 5.51. The molecule has 1 aliphatic rings. The van der Waals surface area contributed by atoms with Crippen LogP contribution < -0.4 is 16.0 Å². The van der Waals surface area contributed by atoms with Crippen molar-refractivity contribution in [3.8, 4) is 0 Å². The molecule has 6 nitrogen and oxygen atoms in total. The fraction of sp³-hybridized carbons (Fsp3) is 0.500. The van der Waals surface area contributed by atoms with Gasteiger partial charge in [0, 0.05) is 30.2 Å². The topological polar surface area (TPSA) is 79.5 Å². The van der Waals surface area contributed by atoms with Crippen molar-refractivity contribution in [2.45, 2.75) is 32.4 Å². The van der Waals surface area contributed by atoms with Gasteiger partial charge in [-0.2, -0.15) is 0 Å². The fourth-order valence-electron chi connectivity index (χ4n) is 2.39. The van der Waals surface area contributed by atoms with Crippen LogP contribution in [0, 0.1) is 6.92 Å². The lowest BCUT2D eigenvalue weighted by molar-refractivity contribution is -0.128. The van der Waals surface area contributed by atoms with E-state index in [1.54, 1.807) is 18.2 Å². The van der Waals surface area contributed by atoms with Crippen LogP contribution in [0.1, 0.15) is 18.9 Å². The summed E-state index contributed by atoms with van der Waals surface area (Å²) in [4.78, 5) is 24.0. The highest BCUT2D eigenvalue weighted by Gasteiger charge is 2.27. The van der Waals surface area contributed by atoms with Crippen molar-refractivity contribution in [3.05, 3.63) is 28.8 Å². The molecule has 0 unspecified atom stereocenters. The maximum absolute atomic E-state index is 12.0. The lowest BCUT2D eigenvalue weighted by Crippen LogP contribution is -2.55. The standard InChI is InChI=1S/C16H22ClN3O3.ClH/c1-10-12(17)4-3-5-13(10)20-14(21)6-7-19-16(22)15-11(2)23-9-8-18-15;/h3-5,11,15,18H,6-9H2,1-2H3,(H,19,22)(H,20,21);1H/t11-,15+;/m1./s1. The minimum Gasteiger partial charge on any atom is -0.375 e. The summed E-state index contributed by atoms with van der Waals surface area (Å²) in [7, 11) is 0. The minimum atomic E-state index is -0.373. The SMILES string of the molecule is Cc1c(Cl)cccc1NC(=O)CCNC(=O)[C@H]1NCCO[C@@H]1C.Cl. The van der Waals surface area contributed by atoms with E-state index < -0.39 is 0 Å². The van der Waals surface area contributed by atoms with E-state index in [0.717, 1.165) is 5.56 Å². The van der Waals surface area contributed by atoms with E-state index in [0.29, 0.717) is 23.9 Å². The summed E-state index contributed by atoms with van der Waals surface area (Å²) in [5, 5.41) is 9.27.